The van der Waals surface area contributed by atoms with E-state index in [2.05, 4.69) is 15.9 Å². The molecule has 1 aromatic carbocycles. The van der Waals surface area contributed by atoms with Gasteiger partial charge < -0.3 is 0 Å². The minimum atomic E-state index is -4.35. The molecular weight excluding hydrogens is 271 g/mol. The minimum absolute atomic E-state index is 0.155. The molecule has 0 radical (unpaired) electrons. The van der Waals surface area contributed by atoms with Crippen LogP contribution in [0.2, 0.25) is 0 Å². The van der Waals surface area contributed by atoms with E-state index >= 15 is 0 Å². The second kappa shape index (κ2) is 3.31. The summed E-state index contributed by atoms with van der Waals surface area (Å²) < 4.78 is 34.6. The highest BCUT2D eigenvalue weighted by Crippen LogP contribution is 2.46. The highest BCUT2D eigenvalue weighted by atomic mass is 79.9. The zero-order valence-corrected chi connectivity index (χ0v) is 9.55. The van der Waals surface area contributed by atoms with Crippen LogP contribution in [0.3, 0.4) is 0 Å². The Morgan fingerprint density at radius 3 is 2.29 bits per heavy atom. The van der Waals surface area contributed by atoms with Gasteiger partial charge in [0.1, 0.15) is 0 Å². The van der Waals surface area contributed by atoms with E-state index in [4.69, 9.17) is 0 Å². The molecule has 2 atom stereocenters. The van der Waals surface area contributed by atoms with Crippen LogP contribution in [0.4, 0.5) is 3.89 Å². The fourth-order valence-electron chi connectivity index (χ4n) is 1.54. The number of benzene rings is 1. The van der Waals surface area contributed by atoms with Crippen LogP contribution < -0.4 is 0 Å². The fraction of sp³-hybridized carbons (Fsp3) is 0.333. The molecule has 1 aliphatic carbocycles. The molecule has 2 nitrogen and oxygen atoms in total. The van der Waals surface area contributed by atoms with Crippen LogP contribution in [0.1, 0.15) is 17.9 Å². The molecular formula is C9H8BrFO2S. The molecule has 76 valence electrons. The van der Waals surface area contributed by atoms with Crippen LogP contribution in [-0.4, -0.2) is 13.7 Å². The van der Waals surface area contributed by atoms with Gasteiger partial charge in [-0.05, 0) is 24.1 Å². The summed E-state index contributed by atoms with van der Waals surface area (Å²) in [6, 6.07) is 7.30. The molecule has 0 aromatic heterocycles. The maximum Gasteiger partial charge on any atom is 0.305 e. The number of rotatable bonds is 2. The van der Waals surface area contributed by atoms with Crippen LogP contribution in [0, 0.1) is 0 Å². The van der Waals surface area contributed by atoms with E-state index in [0.29, 0.717) is 6.42 Å². The summed E-state index contributed by atoms with van der Waals surface area (Å²) >= 11 is 3.28. The van der Waals surface area contributed by atoms with Crippen molar-refractivity contribution < 1.29 is 12.3 Å². The second-order valence-corrected chi connectivity index (χ2v) is 5.88. The van der Waals surface area contributed by atoms with E-state index in [9.17, 15) is 12.3 Å². The Hall–Kier alpha value is -0.420. The van der Waals surface area contributed by atoms with Gasteiger partial charge in [0.25, 0.3) is 0 Å². The van der Waals surface area contributed by atoms with Gasteiger partial charge in [0.2, 0.25) is 0 Å². The highest BCUT2D eigenvalue weighted by Gasteiger charge is 2.48. The van der Waals surface area contributed by atoms with Gasteiger partial charge in [-0.2, -0.15) is 8.42 Å². The SMILES string of the molecule is O=S(=O)(F)[C@@H]1C[C@H]1c1ccc(Br)cc1. The molecule has 0 heterocycles. The third kappa shape index (κ3) is 1.98. The van der Waals surface area contributed by atoms with Crippen LogP contribution in [0.15, 0.2) is 28.7 Å². The highest BCUT2D eigenvalue weighted by molar-refractivity contribution is 9.10. The maximum absolute atomic E-state index is 12.6. The average Bonchev–Trinajstić information content (AvgIpc) is 2.83. The normalized spacial score (nSPS) is 26.1. The van der Waals surface area contributed by atoms with E-state index < -0.39 is 15.5 Å². The molecule has 1 aliphatic rings. The third-order valence-corrected chi connectivity index (χ3v) is 4.16. The van der Waals surface area contributed by atoms with E-state index in [-0.39, 0.29) is 5.92 Å². The molecule has 0 saturated heterocycles. The quantitative estimate of drug-likeness (QED) is 0.780. The lowest BCUT2D eigenvalue weighted by Crippen LogP contribution is -2.00. The number of hydrogen-bond acceptors (Lipinski definition) is 2. The summed E-state index contributed by atoms with van der Waals surface area (Å²) in [5, 5.41) is -0.816. The van der Waals surface area contributed by atoms with Crippen molar-refractivity contribution in [3.05, 3.63) is 34.3 Å². The Morgan fingerprint density at radius 2 is 1.86 bits per heavy atom. The van der Waals surface area contributed by atoms with Crippen LogP contribution >= 0.6 is 15.9 Å². The minimum Gasteiger partial charge on any atom is -0.195 e. The Labute approximate surface area is 90.5 Å². The molecule has 0 amide bonds. The van der Waals surface area contributed by atoms with Gasteiger partial charge in [0.05, 0.1) is 5.25 Å². The van der Waals surface area contributed by atoms with Crippen molar-refractivity contribution in [2.45, 2.75) is 17.6 Å². The smallest absolute Gasteiger partial charge is 0.195 e. The van der Waals surface area contributed by atoms with Gasteiger partial charge >= 0.3 is 10.2 Å². The van der Waals surface area contributed by atoms with Crippen LogP contribution in [0.25, 0.3) is 0 Å². The monoisotopic (exact) mass is 278 g/mol. The molecule has 0 N–H and O–H groups in total. The first-order valence-corrected chi connectivity index (χ1v) is 6.41. The summed E-state index contributed by atoms with van der Waals surface area (Å²) in [6.45, 7) is 0. The summed E-state index contributed by atoms with van der Waals surface area (Å²) in [4.78, 5) is 0. The van der Waals surface area contributed by atoms with Gasteiger partial charge in [-0.1, -0.05) is 28.1 Å². The van der Waals surface area contributed by atoms with Crippen molar-refractivity contribution in [2.24, 2.45) is 0 Å². The van der Waals surface area contributed by atoms with E-state index in [1.54, 1.807) is 0 Å². The van der Waals surface area contributed by atoms with Crippen molar-refractivity contribution in [2.75, 3.05) is 0 Å². The number of halogens is 2. The lowest BCUT2D eigenvalue weighted by atomic mass is 10.1. The van der Waals surface area contributed by atoms with Crippen molar-refractivity contribution in [3.63, 3.8) is 0 Å². The number of hydrogen-bond donors (Lipinski definition) is 0. The molecule has 1 aromatic rings. The Morgan fingerprint density at radius 1 is 1.29 bits per heavy atom. The lowest BCUT2D eigenvalue weighted by molar-refractivity contribution is 0.549. The first-order valence-electron chi connectivity index (χ1n) is 4.17. The lowest BCUT2D eigenvalue weighted by Gasteiger charge is -1.97. The summed E-state index contributed by atoms with van der Waals surface area (Å²) in [7, 11) is -4.35. The van der Waals surface area contributed by atoms with Crippen molar-refractivity contribution in [1.82, 2.24) is 0 Å². The van der Waals surface area contributed by atoms with Crippen molar-refractivity contribution in [3.8, 4) is 0 Å². The predicted molar refractivity (Wildman–Crippen MR) is 55.3 cm³/mol. The molecule has 2 rings (SSSR count). The molecule has 0 bridgehead atoms. The Balaban J connectivity index is 2.18. The van der Waals surface area contributed by atoms with E-state index in [0.717, 1.165) is 10.0 Å². The van der Waals surface area contributed by atoms with Crippen LogP contribution in [-0.2, 0) is 10.2 Å². The van der Waals surface area contributed by atoms with Gasteiger partial charge in [-0.3, -0.25) is 0 Å². The average molecular weight is 279 g/mol. The maximum atomic E-state index is 12.6. The second-order valence-electron chi connectivity index (χ2n) is 3.41. The van der Waals surface area contributed by atoms with E-state index in [1.165, 1.54) is 0 Å². The zero-order chi connectivity index (χ0) is 10.3. The first kappa shape index (κ1) is 10.1. The molecule has 0 aliphatic heterocycles. The van der Waals surface area contributed by atoms with Gasteiger partial charge in [-0.25, -0.2) is 0 Å². The molecule has 14 heavy (non-hydrogen) atoms. The molecule has 1 saturated carbocycles. The largest absolute Gasteiger partial charge is 0.305 e. The standard InChI is InChI=1S/C9H8BrFO2S/c10-7-3-1-6(2-4-7)8-5-9(8)14(11,12)13/h1-4,8-9H,5H2/t8-,9+/m0/s1. The van der Waals surface area contributed by atoms with Gasteiger partial charge in [-0.15, -0.1) is 3.89 Å². The zero-order valence-electron chi connectivity index (χ0n) is 7.15. The van der Waals surface area contributed by atoms with Crippen molar-refractivity contribution >= 4 is 26.2 Å². The summed E-state index contributed by atoms with van der Waals surface area (Å²) in [5.74, 6) is -0.155. The molecule has 0 spiro atoms. The van der Waals surface area contributed by atoms with Gasteiger partial charge in [0, 0.05) is 10.4 Å². The Bertz CT molecular complexity index is 440. The Kier molecular flexibility index (Phi) is 2.39. The molecule has 1 fully saturated rings. The van der Waals surface area contributed by atoms with Crippen LogP contribution in [0.5, 0.6) is 0 Å². The molecule has 5 heteroatoms. The fourth-order valence-corrected chi connectivity index (χ4v) is 2.79. The topological polar surface area (TPSA) is 34.1 Å². The summed E-state index contributed by atoms with van der Waals surface area (Å²) in [6.07, 6.45) is 0.403. The first-order chi connectivity index (χ1) is 6.48. The summed E-state index contributed by atoms with van der Waals surface area (Å²) in [5.41, 5.74) is 0.888. The third-order valence-electron chi connectivity index (χ3n) is 2.39. The van der Waals surface area contributed by atoms with E-state index in [1.807, 2.05) is 24.3 Å². The van der Waals surface area contributed by atoms with Crippen molar-refractivity contribution in [1.29, 1.82) is 0 Å². The molecule has 0 unspecified atom stereocenters. The predicted octanol–water partition coefficient (Wildman–Crippen LogP) is 2.60. The van der Waals surface area contributed by atoms with Gasteiger partial charge in [0.15, 0.2) is 0 Å².